The summed E-state index contributed by atoms with van der Waals surface area (Å²) < 4.78 is 22.3. The van der Waals surface area contributed by atoms with Crippen molar-refractivity contribution in [1.29, 1.82) is 0 Å². The van der Waals surface area contributed by atoms with Crippen LogP contribution in [-0.2, 0) is 0 Å². The molecule has 0 nitrogen and oxygen atoms in total. The average molecular weight is 144 g/mol. The van der Waals surface area contributed by atoms with Crippen LogP contribution in [0.2, 0.25) is 0 Å². The van der Waals surface area contributed by atoms with E-state index in [1.165, 1.54) is 0 Å². The summed E-state index contributed by atoms with van der Waals surface area (Å²) in [5.41, 5.74) is 0. The Morgan fingerprint density at radius 2 is 2.14 bits per heavy atom. The van der Waals surface area contributed by atoms with Gasteiger partial charge in [0.1, 0.15) is 0 Å². The molecule has 0 aliphatic heterocycles. The van der Waals surface area contributed by atoms with E-state index in [0.29, 0.717) is 5.75 Å². The lowest BCUT2D eigenvalue weighted by Crippen LogP contribution is -1.89. The molecule has 0 aliphatic rings. The van der Waals surface area contributed by atoms with Gasteiger partial charge in [0, 0.05) is 12.2 Å². The van der Waals surface area contributed by atoms with Crippen LogP contribution in [0, 0.1) is 0 Å². The van der Waals surface area contributed by atoms with Gasteiger partial charge in [-0.25, -0.2) is 8.78 Å². The Morgan fingerprint density at radius 1 is 1.57 bits per heavy atom. The third-order valence-corrected chi connectivity index (χ3v) is 1.39. The molecule has 0 aromatic rings. The Balaban J connectivity index is 2.68. The molecule has 0 aliphatic carbocycles. The highest BCUT2D eigenvalue weighted by molar-refractivity contribution is 8.68. The number of hydrogen-bond donors (Lipinski definition) is 1. The van der Waals surface area contributed by atoms with E-state index in [0.717, 1.165) is 10.8 Å². The second-order valence-corrected chi connectivity index (χ2v) is 2.45. The molecule has 0 aromatic carbocycles. The van der Waals surface area contributed by atoms with Gasteiger partial charge in [-0.1, -0.05) is 10.8 Å². The fourth-order valence-electron chi connectivity index (χ4n) is 0.142. The Bertz CT molecular complexity index is 39.9. The van der Waals surface area contributed by atoms with Crippen molar-refractivity contribution in [2.24, 2.45) is 0 Å². The summed E-state index contributed by atoms with van der Waals surface area (Å²) in [5, 5.41) is 0. The van der Waals surface area contributed by atoms with Crippen LogP contribution >= 0.6 is 22.5 Å². The van der Waals surface area contributed by atoms with Gasteiger partial charge < -0.3 is 0 Å². The van der Waals surface area contributed by atoms with E-state index in [9.17, 15) is 8.78 Å². The average Bonchev–Trinajstić information content (AvgIpc) is 1.61. The third-order valence-electron chi connectivity index (χ3n) is 0.427. The minimum Gasteiger partial charge on any atom is -0.211 e. The van der Waals surface area contributed by atoms with Gasteiger partial charge in [0.2, 0.25) is 6.43 Å². The van der Waals surface area contributed by atoms with Gasteiger partial charge in [-0.05, 0) is 0 Å². The lowest BCUT2D eigenvalue weighted by atomic mass is 10.5. The molecule has 44 valence electrons. The van der Waals surface area contributed by atoms with Gasteiger partial charge in [0.15, 0.2) is 0 Å². The van der Waals surface area contributed by atoms with E-state index in [1.807, 2.05) is 0 Å². The minimum atomic E-state index is -2.17. The lowest BCUT2D eigenvalue weighted by Gasteiger charge is -1.91. The highest BCUT2D eigenvalue weighted by Gasteiger charge is 1.98. The standard InChI is InChI=1S/C3H6F2S2/c4-3(5)1-2-7-6/h3,6H,1-2H2. The molecule has 0 atom stereocenters. The number of halogens is 2. The summed E-state index contributed by atoms with van der Waals surface area (Å²) in [6, 6.07) is 0. The zero-order valence-electron chi connectivity index (χ0n) is 3.60. The van der Waals surface area contributed by atoms with E-state index in [1.54, 1.807) is 0 Å². The quantitative estimate of drug-likeness (QED) is 0.468. The fraction of sp³-hybridized carbons (Fsp3) is 1.00. The molecule has 0 saturated carbocycles. The molecule has 0 spiro atoms. The lowest BCUT2D eigenvalue weighted by molar-refractivity contribution is 0.145. The molecule has 0 aromatic heterocycles. The SMILES string of the molecule is FC(F)CCSS. The van der Waals surface area contributed by atoms with E-state index in [-0.39, 0.29) is 6.42 Å². The van der Waals surface area contributed by atoms with Crippen LogP contribution in [-0.4, -0.2) is 12.2 Å². The van der Waals surface area contributed by atoms with Crippen LogP contribution in [0.25, 0.3) is 0 Å². The molecular weight excluding hydrogens is 138 g/mol. The molecule has 7 heavy (non-hydrogen) atoms. The molecule has 4 heteroatoms. The van der Waals surface area contributed by atoms with Gasteiger partial charge in [-0.3, -0.25) is 0 Å². The van der Waals surface area contributed by atoms with E-state index in [4.69, 9.17) is 0 Å². The second-order valence-electron chi connectivity index (χ2n) is 1.01. The maximum Gasteiger partial charge on any atom is 0.239 e. The van der Waals surface area contributed by atoms with Gasteiger partial charge in [-0.15, -0.1) is 11.7 Å². The fourth-order valence-corrected chi connectivity index (χ4v) is 0.742. The van der Waals surface area contributed by atoms with Crippen molar-refractivity contribution in [2.45, 2.75) is 12.8 Å². The maximum absolute atomic E-state index is 11.2. The van der Waals surface area contributed by atoms with Crippen molar-refractivity contribution in [3.63, 3.8) is 0 Å². The van der Waals surface area contributed by atoms with Gasteiger partial charge in [-0.2, -0.15) is 0 Å². The monoisotopic (exact) mass is 144 g/mol. The predicted molar refractivity (Wildman–Crippen MR) is 32.1 cm³/mol. The number of hydrogen-bond acceptors (Lipinski definition) is 2. The Kier molecular flexibility index (Phi) is 5.09. The van der Waals surface area contributed by atoms with Crippen LogP contribution in [0.3, 0.4) is 0 Å². The maximum atomic E-state index is 11.2. The van der Waals surface area contributed by atoms with E-state index >= 15 is 0 Å². The second kappa shape index (κ2) is 4.71. The molecule has 0 unspecified atom stereocenters. The number of rotatable bonds is 3. The van der Waals surface area contributed by atoms with Crippen molar-refractivity contribution >= 4 is 22.5 Å². The highest BCUT2D eigenvalue weighted by atomic mass is 33.1. The van der Waals surface area contributed by atoms with Gasteiger partial charge in [0.25, 0.3) is 0 Å². The van der Waals surface area contributed by atoms with Crippen molar-refractivity contribution in [2.75, 3.05) is 5.75 Å². The van der Waals surface area contributed by atoms with Crippen molar-refractivity contribution in [1.82, 2.24) is 0 Å². The normalized spacial score (nSPS) is 10.3. The van der Waals surface area contributed by atoms with Crippen LogP contribution in [0.5, 0.6) is 0 Å². The van der Waals surface area contributed by atoms with Gasteiger partial charge in [0.05, 0.1) is 0 Å². The zero-order valence-corrected chi connectivity index (χ0v) is 5.31. The minimum absolute atomic E-state index is 0.0475. The first-order valence-electron chi connectivity index (χ1n) is 1.82. The van der Waals surface area contributed by atoms with E-state index in [2.05, 4.69) is 11.7 Å². The van der Waals surface area contributed by atoms with Crippen LogP contribution in [0.4, 0.5) is 8.78 Å². The van der Waals surface area contributed by atoms with E-state index < -0.39 is 6.43 Å². The van der Waals surface area contributed by atoms with Crippen molar-refractivity contribution in [3.05, 3.63) is 0 Å². The Morgan fingerprint density at radius 3 is 2.29 bits per heavy atom. The highest BCUT2D eigenvalue weighted by Crippen LogP contribution is 2.10. The first kappa shape index (κ1) is 7.56. The Hall–Kier alpha value is 0.560. The molecular formula is C3H6F2S2. The molecule has 0 amide bonds. The molecule has 0 bridgehead atoms. The summed E-state index contributed by atoms with van der Waals surface area (Å²) in [6.07, 6.45) is -2.21. The number of thiol groups is 1. The van der Waals surface area contributed by atoms with Crippen LogP contribution < -0.4 is 0 Å². The predicted octanol–water partition coefficient (Wildman–Crippen LogP) is 2.22. The summed E-state index contributed by atoms with van der Waals surface area (Å²) in [7, 11) is 1.14. The van der Waals surface area contributed by atoms with Gasteiger partial charge >= 0.3 is 0 Å². The van der Waals surface area contributed by atoms with Crippen LogP contribution in [0.15, 0.2) is 0 Å². The molecule has 0 saturated heterocycles. The summed E-state index contributed by atoms with van der Waals surface area (Å²) in [6.45, 7) is 0. The number of alkyl halides is 2. The molecule has 0 radical (unpaired) electrons. The summed E-state index contributed by atoms with van der Waals surface area (Å²) >= 11 is 3.68. The molecule has 0 rings (SSSR count). The largest absolute Gasteiger partial charge is 0.239 e. The van der Waals surface area contributed by atoms with Crippen LogP contribution in [0.1, 0.15) is 6.42 Å². The zero-order chi connectivity index (χ0) is 5.70. The molecule has 0 heterocycles. The summed E-state index contributed by atoms with van der Waals surface area (Å²) in [4.78, 5) is 0. The molecule has 0 fully saturated rings. The van der Waals surface area contributed by atoms with Crippen molar-refractivity contribution in [3.8, 4) is 0 Å². The first-order valence-corrected chi connectivity index (χ1v) is 3.85. The Labute approximate surface area is 50.5 Å². The first-order chi connectivity index (χ1) is 3.27. The molecule has 0 N–H and O–H groups in total. The smallest absolute Gasteiger partial charge is 0.211 e. The third kappa shape index (κ3) is 6.56. The topological polar surface area (TPSA) is 0 Å². The van der Waals surface area contributed by atoms with Crippen molar-refractivity contribution < 1.29 is 8.78 Å². The summed E-state index contributed by atoms with van der Waals surface area (Å²) in [5.74, 6) is 0.431.